The van der Waals surface area contributed by atoms with Crippen LogP contribution < -0.4 is 11.1 Å². The summed E-state index contributed by atoms with van der Waals surface area (Å²) >= 11 is 1.55. The van der Waals surface area contributed by atoms with E-state index in [0.717, 1.165) is 55.9 Å². The summed E-state index contributed by atoms with van der Waals surface area (Å²) in [7, 11) is 0. The fourth-order valence-corrected chi connectivity index (χ4v) is 4.40. The maximum Gasteiger partial charge on any atom is 0.234 e. The van der Waals surface area contributed by atoms with Gasteiger partial charge in [0, 0.05) is 23.9 Å². The third-order valence-corrected chi connectivity index (χ3v) is 6.53. The predicted molar refractivity (Wildman–Crippen MR) is 124 cm³/mol. The molecular formula is C24H28N4O2S. The van der Waals surface area contributed by atoms with Crippen molar-refractivity contribution in [2.24, 2.45) is 11.7 Å². The molecule has 0 aliphatic carbocycles. The maximum atomic E-state index is 12.2. The van der Waals surface area contributed by atoms with Crippen molar-refractivity contribution >= 4 is 29.3 Å². The number of nitriles is 1. The molecule has 1 aliphatic rings. The summed E-state index contributed by atoms with van der Waals surface area (Å²) in [4.78, 5) is 25.8. The number of anilines is 1. The first-order valence-electron chi connectivity index (χ1n) is 10.5. The zero-order valence-electron chi connectivity index (χ0n) is 17.5. The molecule has 1 saturated heterocycles. The largest absolute Gasteiger partial charge is 0.369 e. The van der Waals surface area contributed by atoms with E-state index in [1.807, 2.05) is 24.3 Å². The van der Waals surface area contributed by atoms with Gasteiger partial charge in [-0.3, -0.25) is 9.59 Å². The Labute approximate surface area is 187 Å². The van der Waals surface area contributed by atoms with E-state index in [0.29, 0.717) is 11.3 Å². The highest BCUT2D eigenvalue weighted by Gasteiger charge is 2.22. The Morgan fingerprint density at radius 2 is 1.71 bits per heavy atom. The van der Waals surface area contributed by atoms with Gasteiger partial charge in [-0.1, -0.05) is 24.3 Å². The fourth-order valence-electron chi connectivity index (χ4n) is 3.62. The van der Waals surface area contributed by atoms with Gasteiger partial charge >= 0.3 is 0 Å². The molecule has 0 saturated carbocycles. The van der Waals surface area contributed by atoms with Crippen molar-refractivity contribution in [3.8, 4) is 6.07 Å². The van der Waals surface area contributed by atoms with Gasteiger partial charge in [-0.2, -0.15) is 5.26 Å². The summed E-state index contributed by atoms with van der Waals surface area (Å²) in [6, 6.07) is 17.5. The Morgan fingerprint density at radius 1 is 1.06 bits per heavy atom. The highest BCUT2D eigenvalue weighted by molar-refractivity contribution is 7.99. The minimum absolute atomic E-state index is 0.0243. The molecule has 2 amide bonds. The number of likely N-dealkylation sites (tertiary alicyclic amines) is 1. The molecule has 6 nitrogen and oxygen atoms in total. The summed E-state index contributed by atoms with van der Waals surface area (Å²) in [6.45, 7) is 2.80. The predicted octanol–water partition coefficient (Wildman–Crippen LogP) is 3.17. The number of hydrogen-bond acceptors (Lipinski definition) is 5. The maximum absolute atomic E-state index is 12.2. The molecule has 0 unspecified atom stereocenters. The van der Waals surface area contributed by atoms with Crippen molar-refractivity contribution in [2.75, 3.05) is 30.7 Å². The van der Waals surface area contributed by atoms with E-state index in [-0.39, 0.29) is 17.7 Å². The van der Waals surface area contributed by atoms with Crippen molar-refractivity contribution in [3.63, 3.8) is 0 Å². The van der Waals surface area contributed by atoms with Crippen LogP contribution in [0.2, 0.25) is 0 Å². The molecule has 0 radical (unpaired) electrons. The van der Waals surface area contributed by atoms with E-state index in [4.69, 9.17) is 11.0 Å². The molecule has 162 valence electrons. The second kappa shape index (κ2) is 11.5. The molecule has 31 heavy (non-hydrogen) atoms. The van der Waals surface area contributed by atoms with Crippen LogP contribution in [0, 0.1) is 17.2 Å². The van der Waals surface area contributed by atoms with Crippen LogP contribution in [0.5, 0.6) is 0 Å². The second-order valence-corrected chi connectivity index (χ2v) is 8.80. The molecule has 1 aliphatic heterocycles. The van der Waals surface area contributed by atoms with Crippen molar-refractivity contribution in [1.29, 1.82) is 5.26 Å². The van der Waals surface area contributed by atoms with E-state index >= 15 is 0 Å². The van der Waals surface area contributed by atoms with Crippen LogP contribution in [0.3, 0.4) is 0 Å². The average Bonchev–Trinajstić information content (AvgIpc) is 2.79. The molecule has 3 N–H and O–H groups in total. The smallest absolute Gasteiger partial charge is 0.234 e. The number of benzene rings is 2. The summed E-state index contributed by atoms with van der Waals surface area (Å²) in [5, 5.41) is 11.8. The molecule has 1 fully saturated rings. The van der Waals surface area contributed by atoms with Gasteiger partial charge in [0.25, 0.3) is 0 Å². The van der Waals surface area contributed by atoms with E-state index in [2.05, 4.69) is 28.4 Å². The van der Waals surface area contributed by atoms with Gasteiger partial charge in [0.2, 0.25) is 11.8 Å². The Morgan fingerprint density at radius 3 is 2.32 bits per heavy atom. The second-order valence-electron chi connectivity index (χ2n) is 7.81. The van der Waals surface area contributed by atoms with Gasteiger partial charge in [0.15, 0.2) is 0 Å². The number of rotatable bonds is 9. The normalized spacial score (nSPS) is 14.7. The van der Waals surface area contributed by atoms with Gasteiger partial charge in [0.05, 0.1) is 17.4 Å². The number of amides is 2. The van der Waals surface area contributed by atoms with Crippen LogP contribution in [-0.2, 0) is 21.8 Å². The zero-order valence-corrected chi connectivity index (χ0v) is 18.4. The third kappa shape index (κ3) is 7.42. The van der Waals surface area contributed by atoms with E-state index < -0.39 is 0 Å². The Balaban J connectivity index is 1.35. The number of thioether (sulfide) groups is 1. The van der Waals surface area contributed by atoms with Crippen molar-refractivity contribution < 1.29 is 9.59 Å². The first-order valence-corrected chi connectivity index (χ1v) is 11.7. The van der Waals surface area contributed by atoms with Crippen LogP contribution >= 0.6 is 11.8 Å². The fraction of sp³-hybridized carbons (Fsp3) is 0.375. The third-order valence-electron chi connectivity index (χ3n) is 5.53. The summed E-state index contributed by atoms with van der Waals surface area (Å²) in [6.07, 6.45) is 2.64. The van der Waals surface area contributed by atoms with Crippen LogP contribution in [0.4, 0.5) is 5.69 Å². The van der Waals surface area contributed by atoms with E-state index in [1.54, 1.807) is 23.9 Å². The minimum atomic E-state index is -0.176. The highest BCUT2D eigenvalue weighted by Crippen LogP contribution is 2.18. The standard InChI is InChI=1S/C24H28N4O2S/c25-15-19-1-3-20(4-2-19)16-31-17-23(29)27-22-7-5-18(6-8-22)9-12-28-13-10-21(11-14-28)24(26)30/h1-8,21H,9-14,16-17H2,(H2,26,30)(H,27,29). The SMILES string of the molecule is N#Cc1ccc(CSCC(=O)Nc2ccc(CCN3CCC(C(N)=O)CC3)cc2)cc1. The molecule has 0 bridgehead atoms. The highest BCUT2D eigenvalue weighted by atomic mass is 32.2. The van der Waals surface area contributed by atoms with Gasteiger partial charge < -0.3 is 16.0 Å². The molecule has 2 aromatic carbocycles. The van der Waals surface area contributed by atoms with Gasteiger partial charge in [-0.25, -0.2) is 0 Å². The quantitative estimate of drug-likeness (QED) is 0.629. The number of nitrogens with two attached hydrogens (primary N) is 1. The van der Waals surface area contributed by atoms with Gasteiger partial charge in [0.1, 0.15) is 0 Å². The lowest BCUT2D eigenvalue weighted by Crippen LogP contribution is -2.39. The monoisotopic (exact) mass is 436 g/mol. The molecule has 2 aromatic rings. The molecule has 0 atom stereocenters. The number of nitrogens with one attached hydrogen (secondary N) is 1. The number of nitrogens with zero attached hydrogens (tertiary/aromatic N) is 2. The van der Waals surface area contributed by atoms with E-state index in [1.165, 1.54) is 5.56 Å². The van der Waals surface area contributed by atoms with Gasteiger partial charge in [-0.15, -0.1) is 11.8 Å². The minimum Gasteiger partial charge on any atom is -0.369 e. The first-order chi connectivity index (χ1) is 15.0. The number of primary amides is 1. The summed E-state index contributed by atoms with van der Waals surface area (Å²) in [5.74, 6) is 0.938. The van der Waals surface area contributed by atoms with Crippen LogP contribution in [-0.4, -0.2) is 42.1 Å². The van der Waals surface area contributed by atoms with Crippen molar-refractivity contribution in [1.82, 2.24) is 4.90 Å². The summed E-state index contributed by atoms with van der Waals surface area (Å²) < 4.78 is 0. The molecule has 7 heteroatoms. The topological polar surface area (TPSA) is 99.2 Å². The van der Waals surface area contributed by atoms with Crippen LogP contribution in [0.25, 0.3) is 0 Å². The Hall–Kier alpha value is -2.82. The molecule has 1 heterocycles. The number of carbonyl (C=O) groups excluding carboxylic acids is 2. The molecule has 0 spiro atoms. The molecular weight excluding hydrogens is 408 g/mol. The summed E-state index contributed by atoms with van der Waals surface area (Å²) in [5.41, 5.74) is 9.16. The molecule has 0 aromatic heterocycles. The number of hydrogen-bond donors (Lipinski definition) is 2. The lowest BCUT2D eigenvalue weighted by atomic mass is 9.96. The number of carbonyl (C=O) groups is 2. The van der Waals surface area contributed by atoms with Crippen molar-refractivity contribution in [2.45, 2.75) is 25.0 Å². The van der Waals surface area contributed by atoms with Gasteiger partial charge in [-0.05, 0) is 67.7 Å². The van der Waals surface area contributed by atoms with Crippen LogP contribution in [0.15, 0.2) is 48.5 Å². The lowest BCUT2D eigenvalue weighted by Gasteiger charge is -2.30. The first kappa shape index (κ1) is 22.9. The zero-order chi connectivity index (χ0) is 22.1. The lowest BCUT2D eigenvalue weighted by molar-refractivity contribution is -0.123. The van der Waals surface area contributed by atoms with Crippen LogP contribution in [0.1, 0.15) is 29.5 Å². The van der Waals surface area contributed by atoms with Crippen molar-refractivity contribution in [3.05, 3.63) is 65.2 Å². The average molecular weight is 437 g/mol. The Kier molecular flexibility index (Phi) is 8.51. The molecule has 3 rings (SSSR count). The number of piperidine rings is 1. The Bertz CT molecular complexity index is 914. The van der Waals surface area contributed by atoms with E-state index in [9.17, 15) is 9.59 Å².